The average molecular weight is 852 g/mol. The van der Waals surface area contributed by atoms with Crippen LogP contribution in [0.15, 0.2) is 61.2 Å². The first-order chi connectivity index (χ1) is 28.9. The Hall–Kier alpha value is -6.99. The molecule has 0 heterocycles. The van der Waals surface area contributed by atoms with Gasteiger partial charge in [0.2, 0.25) is 29.5 Å². The third kappa shape index (κ3) is 16.7. The molecule has 8 N–H and O–H groups in total. The molecule has 0 saturated heterocycles. The van der Waals surface area contributed by atoms with Crippen molar-refractivity contribution in [3.8, 4) is 11.1 Å². The third-order valence-electron chi connectivity index (χ3n) is 8.64. The maximum absolute atomic E-state index is 13.1. The van der Waals surface area contributed by atoms with Crippen molar-refractivity contribution in [3.63, 3.8) is 0 Å². The van der Waals surface area contributed by atoms with E-state index in [0.717, 1.165) is 22.3 Å². The highest BCUT2D eigenvalue weighted by atomic mass is 16.6. The van der Waals surface area contributed by atoms with Gasteiger partial charge in [-0.15, -0.1) is 0 Å². The number of amides is 7. The predicted octanol–water partition coefficient (Wildman–Crippen LogP) is 0.568. The second kappa shape index (κ2) is 23.6. The number of nitrogens with two attached hydrogens (primary N) is 1. The second-order valence-electron chi connectivity index (χ2n) is 14.6. The van der Waals surface area contributed by atoms with Gasteiger partial charge in [-0.05, 0) is 56.4 Å². The Morgan fingerprint density at radius 3 is 1.97 bits per heavy atom. The summed E-state index contributed by atoms with van der Waals surface area (Å²) in [7, 11) is 0. The number of nitrogens with one attached hydrogen (secondary N) is 6. The Balaban J connectivity index is 1.49. The zero-order valence-electron chi connectivity index (χ0n) is 34.5. The van der Waals surface area contributed by atoms with Crippen LogP contribution < -0.4 is 37.6 Å². The lowest BCUT2D eigenvalue weighted by Gasteiger charge is -2.24. The van der Waals surface area contributed by atoms with Crippen LogP contribution in [0.5, 0.6) is 0 Å². The normalized spacial score (nSPS) is 13.0. The van der Waals surface area contributed by atoms with E-state index in [1.165, 1.54) is 13.0 Å². The van der Waals surface area contributed by atoms with Gasteiger partial charge in [0.15, 0.2) is 0 Å². The summed E-state index contributed by atoms with van der Waals surface area (Å²) in [6.45, 7) is 7.58. The van der Waals surface area contributed by atoms with Crippen LogP contribution >= 0.6 is 0 Å². The Kier molecular flexibility index (Phi) is 18.7. The van der Waals surface area contributed by atoms with Gasteiger partial charge >= 0.3 is 24.1 Å². The molecule has 1 aliphatic carbocycles. The molecule has 0 aliphatic heterocycles. The fourth-order valence-corrected chi connectivity index (χ4v) is 5.78. The van der Waals surface area contributed by atoms with Crippen LogP contribution in [0, 0.1) is 0 Å². The van der Waals surface area contributed by atoms with Crippen molar-refractivity contribution in [2.45, 2.75) is 76.6 Å². The van der Waals surface area contributed by atoms with Gasteiger partial charge in [0, 0.05) is 18.9 Å². The first kappa shape index (κ1) is 48.4. The molecule has 0 unspecified atom stereocenters. The lowest BCUT2D eigenvalue weighted by atomic mass is 9.98. The minimum absolute atomic E-state index is 0.0137. The monoisotopic (exact) mass is 851 g/mol. The van der Waals surface area contributed by atoms with Gasteiger partial charge in [-0.3, -0.25) is 28.8 Å². The molecule has 3 atom stereocenters. The topological polar surface area (TPSA) is 289 Å². The van der Waals surface area contributed by atoms with E-state index in [4.69, 9.17) is 24.7 Å². The highest BCUT2D eigenvalue weighted by Crippen LogP contribution is 2.44. The van der Waals surface area contributed by atoms with E-state index in [1.807, 2.05) is 48.5 Å². The third-order valence-corrected chi connectivity index (χ3v) is 8.64. The Bertz CT molecular complexity index is 1900. The van der Waals surface area contributed by atoms with Gasteiger partial charge in [0.25, 0.3) is 0 Å². The minimum atomic E-state index is -1.45. The number of alkyl carbamates (subject to hydrolysis) is 2. The molecule has 61 heavy (non-hydrogen) atoms. The smallest absolute Gasteiger partial charge is 0.408 e. The SMILES string of the molecule is C=CCOC(=O)[C@H](CCC(=O)OCCC(=O)NC[C@H](NC(=O)OC(C)(C)C)C(=O)N[C@@H](C)C(=O)NCC(=O)NCC(N)=O)NC(=O)OCC1c2ccccc2-c2ccccc21. The van der Waals surface area contributed by atoms with Crippen LogP contribution in [0.25, 0.3) is 11.1 Å². The number of fused-ring (bicyclic) bond motifs is 3. The van der Waals surface area contributed by atoms with E-state index < -0.39 is 104 Å². The lowest BCUT2D eigenvalue weighted by Crippen LogP contribution is -2.57. The molecule has 20 nitrogen and oxygen atoms in total. The first-order valence-corrected chi connectivity index (χ1v) is 19.3. The van der Waals surface area contributed by atoms with E-state index in [-0.39, 0.29) is 38.4 Å². The van der Waals surface area contributed by atoms with Crippen LogP contribution in [0.1, 0.15) is 64.0 Å². The molecule has 0 bridgehead atoms. The molecule has 3 rings (SSSR count). The number of carbonyl (C=O) groups excluding carboxylic acids is 9. The van der Waals surface area contributed by atoms with Crippen molar-refractivity contribution in [1.29, 1.82) is 0 Å². The molecule has 20 heteroatoms. The zero-order valence-corrected chi connectivity index (χ0v) is 34.5. The summed E-state index contributed by atoms with van der Waals surface area (Å²) in [5, 5.41) is 14.0. The van der Waals surface area contributed by atoms with Crippen LogP contribution in [-0.4, -0.2) is 117 Å². The summed E-state index contributed by atoms with van der Waals surface area (Å²) >= 11 is 0. The number of hydrogen-bond acceptors (Lipinski definition) is 13. The molecule has 0 aromatic heterocycles. The fourth-order valence-electron chi connectivity index (χ4n) is 5.78. The summed E-state index contributed by atoms with van der Waals surface area (Å²) in [4.78, 5) is 112. The highest BCUT2D eigenvalue weighted by Gasteiger charge is 2.31. The molecule has 0 spiro atoms. The molecule has 1 aliphatic rings. The van der Waals surface area contributed by atoms with E-state index >= 15 is 0 Å². The quantitative estimate of drug-likeness (QED) is 0.0485. The maximum atomic E-state index is 13.1. The zero-order chi connectivity index (χ0) is 45.1. The summed E-state index contributed by atoms with van der Waals surface area (Å²) < 4.78 is 21.0. The first-order valence-electron chi connectivity index (χ1n) is 19.3. The summed E-state index contributed by atoms with van der Waals surface area (Å²) in [5.41, 5.74) is 8.09. The van der Waals surface area contributed by atoms with Crippen LogP contribution in [0.3, 0.4) is 0 Å². The van der Waals surface area contributed by atoms with E-state index in [9.17, 15) is 43.2 Å². The lowest BCUT2D eigenvalue weighted by molar-refractivity contribution is -0.147. The number of ether oxygens (including phenoxy) is 4. The van der Waals surface area contributed by atoms with Crippen molar-refractivity contribution >= 4 is 53.7 Å². The molecular weight excluding hydrogens is 798 g/mol. The summed E-state index contributed by atoms with van der Waals surface area (Å²) in [6.07, 6.45) is -1.51. The Labute approximate surface area is 352 Å². The number of primary amides is 1. The van der Waals surface area contributed by atoms with E-state index in [2.05, 4.69) is 38.5 Å². The van der Waals surface area contributed by atoms with Crippen molar-refractivity contribution in [2.24, 2.45) is 5.73 Å². The van der Waals surface area contributed by atoms with E-state index in [1.54, 1.807) is 20.8 Å². The number of benzene rings is 2. The number of carbonyl (C=O) groups is 9. The molecule has 330 valence electrons. The highest BCUT2D eigenvalue weighted by molar-refractivity contribution is 5.93. The number of esters is 2. The van der Waals surface area contributed by atoms with Crippen molar-refractivity contribution in [2.75, 3.05) is 39.5 Å². The van der Waals surface area contributed by atoms with Crippen LogP contribution in [-0.2, 0) is 52.5 Å². The van der Waals surface area contributed by atoms with Crippen molar-refractivity contribution < 1.29 is 62.1 Å². The Morgan fingerprint density at radius 1 is 0.738 bits per heavy atom. The fraction of sp³-hybridized carbons (Fsp3) is 0.439. The van der Waals surface area contributed by atoms with Gasteiger partial charge in [-0.2, -0.15) is 0 Å². The molecule has 0 saturated carbocycles. The standard InChI is InChI=1S/C41H53N7O13/c1-6-18-59-38(55)30(47-39(56)60-23-29-27-13-9-7-11-25(27)26-12-8-10-14-28(26)29)15-16-35(52)58-19-17-33(50)43-20-31(48-40(57)61-41(3,4)5)37(54)46-24(2)36(53)45-22-34(51)44-21-32(42)49/h6-14,24,29-31H,1,15-23H2,2-5H3,(H2,42,49)(H,43,50)(H,44,51)(H,45,53)(H,46,54)(H,47,56)(H,48,57)/t24-,30-,31-/m0/s1. The van der Waals surface area contributed by atoms with Gasteiger partial charge in [0.05, 0.1) is 19.5 Å². The van der Waals surface area contributed by atoms with Gasteiger partial charge < -0.3 is 56.6 Å². The molecule has 0 fully saturated rings. The van der Waals surface area contributed by atoms with Gasteiger partial charge in [-0.1, -0.05) is 61.2 Å². The molecule has 0 radical (unpaired) electrons. The van der Waals surface area contributed by atoms with Crippen molar-refractivity contribution in [1.82, 2.24) is 31.9 Å². The minimum Gasteiger partial charge on any atom is -0.465 e. The predicted molar refractivity (Wildman–Crippen MR) is 217 cm³/mol. The van der Waals surface area contributed by atoms with Gasteiger partial charge in [-0.25, -0.2) is 14.4 Å². The van der Waals surface area contributed by atoms with Crippen LogP contribution in [0.2, 0.25) is 0 Å². The Morgan fingerprint density at radius 2 is 1.36 bits per heavy atom. The number of rotatable bonds is 22. The summed E-state index contributed by atoms with van der Waals surface area (Å²) in [6, 6.07) is 11.6. The second-order valence-corrected chi connectivity index (χ2v) is 14.6. The average Bonchev–Trinajstić information content (AvgIpc) is 3.52. The van der Waals surface area contributed by atoms with Gasteiger partial charge in [0.1, 0.15) is 43.5 Å². The molecule has 7 amide bonds. The molecule has 2 aromatic rings. The van der Waals surface area contributed by atoms with Crippen LogP contribution in [0.4, 0.5) is 9.59 Å². The van der Waals surface area contributed by atoms with Crippen molar-refractivity contribution in [3.05, 3.63) is 72.3 Å². The largest absolute Gasteiger partial charge is 0.465 e. The number of hydrogen-bond donors (Lipinski definition) is 7. The summed E-state index contributed by atoms with van der Waals surface area (Å²) in [5.74, 6) is -5.72. The molecule has 2 aromatic carbocycles. The molecular formula is C41H53N7O13. The maximum Gasteiger partial charge on any atom is 0.408 e. The van der Waals surface area contributed by atoms with E-state index in [0.29, 0.717) is 0 Å².